The summed E-state index contributed by atoms with van der Waals surface area (Å²) in [5.41, 5.74) is 3.12. The minimum Gasteiger partial charge on any atom is -1.00 e. The van der Waals surface area contributed by atoms with Crippen LogP contribution in [0.2, 0.25) is 0 Å². The van der Waals surface area contributed by atoms with Gasteiger partial charge in [-0.05, 0) is 47.5 Å². The first kappa shape index (κ1) is 26.7. The zero-order chi connectivity index (χ0) is 22.4. The van der Waals surface area contributed by atoms with Gasteiger partial charge in [-0.3, -0.25) is 4.79 Å². The third-order valence-corrected chi connectivity index (χ3v) is 6.31. The first-order chi connectivity index (χ1) is 14.7. The fourth-order valence-corrected chi connectivity index (χ4v) is 4.09. The molecule has 0 radical (unpaired) electrons. The topological polar surface area (TPSA) is 95.0 Å². The Morgan fingerprint density at radius 1 is 0.875 bits per heavy atom. The van der Waals surface area contributed by atoms with Crippen LogP contribution in [0.15, 0.2) is 60.7 Å². The monoisotopic (exact) mass is 480 g/mol. The summed E-state index contributed by atoms with van der Waals surface area (Å²) in [6.45, 7) is 2.12. The molecule has 0 bridgehead atoms. The number of sulfonamides is 1. The maximum absolute atomic E-state index is 12.5. The number of carbonyl (C=O) groups excluding carboxylic acids is 1. The molecule has 0 unspecified atom stereocenters. The quantitative estimate of drug-likeness (QED) is 0.337. The Kier molecular flexibility index (Phi) is 10.0. The molecule has 0 amide bonds. The molecule has 1 aliphatic rings. The van der Waals surface area contributed by atoms with E-state index in [0.29, 0.717) is 31.7 Å². The molecule has 0 aliphatic carbocycles. The molecule has 164 valence electrons. The molecular formula is C23H25KN2O5S. The van der Waals surface area contributed by atoms with Crippen LogP contribution in [0.1, 0.15) is 22.9 Å². The van der Waals surface area contributed by atoms with Gasteiger partial charge in [0.05, 0.1) is 6.26 Å². The Labute approximate surface area is 232 Å². The Bertz CT molecular complexity index is 1110. The Hall–Kier alpha value is -1.59. The van der Waals surface area contributed by atoms with Crippen LogP contribution in [0.3, 0.4) is 0 Å². The molecule has 0 saturated carbocycles. The van der Waals surface area contributed by atoms with Crippen molar-refractivity contribution in [2.24, 2.45) is 0 Å². The van der Waals surface area contributed by atoms with Crippen LogP contribution < -0.4 is 56.3 Å². The number of nitrogens with zero attached hydrogens (tertiary/aromatic N) is 2. The summed E-state index contributed by atoms with van der Waals surface area (Å²) in [5.74, 6) is -1.12. The van der Waals surface area contributed by atoms with E-state index in [1.807, 2.05) is 24.3 Å². The molecule has 1 aliphatic heterocycles. The van der Waals surface area contributed by atoms with Gasteiger partial charge in [0.1, 0.15) is 0 Å². The SMILES string of the molecule is CS(=O)(=O)N1CCN(c2ccc(C(=O)C=Cc3ccc(C=CC(=O)O)cc3)cc2)CC1.[H-].[K+]. The van der Waals surface area contributed by atoms with Gasteiger partial charge in [-0.15, -0.1) is 0 Å². The zero-order valence-corrected chi connectivity index (χ0v) is 22.1. The van der Waals surface area contributed by atoms with Gasteiger partial charge in [-0.25, -0.2) is 13.2 Å². The molecule has 3 rings (SSSR count). The summed E-state index contributed by atoms with van der Waals surface area (Å²) in [6.07, 6.45) is 7.02. The van der Waals surface area contributed by atoms with Crippen LogP contribution in [0.25, 0.3) is 12.2 Å². The standard InChI is InChI=1S/C23H24N2O5S.K.H/c1-31(29,30)25-16-14-24(15-17-25)21-10-8-20(9-11-21)22(26)12-6-18-2-4-19(5-3-18)7-13-23(27)28;;/h2-13H,14-17H2,1H3,(H,27,28);;/q;+1;-1. The number of carboxylic acids is 1. The molecule has 0 spiro atoms. The van der Waals surface area contributed by atoms with Crippen molar-refractivity contribution < 1.29 is 75.9 Å². The number of carboxylic acid groups (broad SMARTS) is 1. The van der Waals surface area contributed by atoms with Crippen molar-refractivity contribution in [2.45, 2.75) is 0 Å². The van der Waals surface area contributed by atoms with Crippen LogP contribution >= 0.6 is 0 Å². The Morgan fingerprint density at radius 2 is 1.38 bits per heavy atom. The number of piperazine rings is 1. The maximum Gasteiger partial charge on any atom is 1.00 e. The first-order valence-corrected chi connectivity index (χ1v) is 11.6. The molecule has 1 saturated heterocycles. The average Bonchev–Trinajstić information content (AvgIpc) is 2.76. The second-order valence-corrected chi connectivity index (χ2v) is 9.21. The second kappa shape index (κ2) is 12.0. The Morgan fingerprint density at radius 3 is 1.84 bits per heavy atom. The molecule has 7 nitrogen and oxygen atoms in total. The van der Waals surface area contributed by atoms with Crippen LogP contribution in [0, 0.1) is 0 Å². The fourth-order valence-electron chi connectivity index (χ4n) is 3.27. The van der Waals surface area contributed by atoms with Gasteiger partial charge in [0.25, 0.3) is 0 Å². The van der Waals surface area contributed by atoms with Crippen molar-refractivity contribution in [3.63, 3.8) is 0 Å². The van der Waals surface area contributed by atoms with E-state index in [0.717, 1.165) is 22.9 Å². The summed E-state index contributed by atoms with van der Waals surface area (Å²) < 4.78 is 24.7. The van der Waals surface area contributed by atoms with Crippen molar-refractivity contribution in [3.05, 3.63) is 77.4 Å². The van der Waals surface area contributed by atoms with Crippen LogP contribution in [-0.2, 0) is 14.8 Å². The molecule has 1 N–H and O–H groups in total. The van der Waals surface area contributed by atoms with Crippen molar-refractivity contribution in [1.82, 2.24) is 4.31 Å². The molecule has 1 heterocycles. The van der Waals surface area contributed by atoms with Gasteiger partial charge >= 0.3 is 57.4 Å². The number of ketones is 1. The van der Waals surface area contributed by atoms with Crippen LogP contribution in [-0.4, -0.2) is 62.0 Å². The smallest absolute Gasteiger partial charge is 1.00 e. The van der Waals surface area contributed by atoms with E-state index < -0.39 is 16.0 Å². The van der Waals surface area contributed by atoms with E-state index >= 15 is 0 Å². The van der Waals surface area contributed by atoms with Crippen molar-refractivity contribution in [1.29, 1.82) is 0 Å². The van der Waals surface area contributed by atoms with Gasteiger partial charge in [0.2, 0.25) is 10.0 Å². The molecule has 32 heavy (non-hydrogen) atoms. The summed E-state index contributed by atoms with van der Waals surface area (Å²) in [4.78, 5) is 25.1. The van der Waals surface area contributed by atoms with Crippen molar-refractivity contribution >= 4 is 39.6 Å². The van der Waals surface area contributed by atoms with E-state index in [-0.39, 0.29) is 58.6 Å². The van der Waals surface area contributed by atoms with E-state index in [2.05, 4.69) is 4.90 Å². The molecule has 9 heteroatoms. The zero-order valence-electron chi connectivity index (χ0n) is 19.1. The third-order valence-electron chi connectivity index (χ3n) is 5.01. The van der Waals surface area contributed by atoms with E-state index in [9.17, 15) is 18.0 Å². The normalized spacial score (nSPS) is 15.1. The molecule has 2 aromatic rings. The summed E-state index contributed by atoms with van der Waals surface area (Å²) >= 11 is 0. The molecule has 2 aromatic carbocycles. The van der Waals surface area contributed by atoms with Crippen molar-refractivity contribution in [3.8, 4) is 0 Å². The van der Waals surface area contributed by atoms with E-state index in [1.54, 1.807) is 30.3 Å². The average molecular weight is 481 g/mol. The van der Waals surface area contributed by atoms with Crippen LogP contribution in [0.5, 0.6) is 0 Å². The minimum atomic E-state index is -3.16. The van der Waals surface area contributed by atoms with Crippen LogP contribution in [0.4, 0.5) is 5.69 Å². The number of anilines is 1. The van der Waals surface area contributed by atoms with Crippen molar-refractivity contribution in [2.75, 3.05) is 37.3 Å². The maximum atomic E-state index is 12.5. The number of carbonyl (C=O) groups is 2. The second-order valence-electron chi connectivity index (χ2n) is 7.23. The minimum absolute atomic E-state index is 0. The van der Waals surface area contributed by atoms with Gasteiger partial charge in [0, 0.05) is 43.5 Å². The molecular weight excluding hydrogens is 455 g/mol. The molecule has 0 aromatic heterocycles. The number of allylic oxidation sites excluding steroid dienone is 1. The number of aliphatic carboxylic acids is 1. The van der Waals surface area contributed by atoms with Gasteiger partial charge in [-0.2, -0.15) is 4.31 Å². The molecule has 0 atom stereocenters. The fraction of sp³-hybridized carbons (Fsp3) is 0.217. The van der Waals surface area contributed by atoms with Gasteiger partial charge in [0.15, 0.2) is 5.78 Å². The Balaban J connectivity index is 0.00000272. The largest absolute Gasteiger partial charge is 1.00 e. The summed E-state index contributed by atoms with van der Waals surface area (Å²) in [5, 5.41) is 8.65. The summed E-state index contributed by atoms with van der Waals surface area (Å²) in [7, 11) is -3.16. The summed E-state index contributed by atoms with van der Waals surface area (Å²) in [6, 6.07) is 14.5. The van der Waals surface area contributed by atoms with E-state index in [1.165, 1.54) is 22.7 Å². The number of benzene rings is 2. The number of rotatable bonds is 7. The van der Waals surface area contributed by atoms with Gasteiger partial charge in [-0.1, -0.05) is 30.3 Å². The van der Waals surface area contributed by atoms with Gasteiger partial charge < -0.3 is 11.4 Å². The van der Waals surface area contributed by atoms with E-state index in [4.69, 9.17) is 5.11 Å². The molecule has 1 fully saturated rings. The number of hydrogen-bond acceptors (Lipinski definition) is 5. The first-order valence-electron chi connectivity index (χ1n) is 9.76. The predicted octanol–water partition coefficient (Wildman–Crippen LogP) is -0.121. The number of hydrogen-bond donors (Lipinski definition) is 1. The predicted molar refractivity (Wildman–Crippen MR) is 123 cm³/mol. The third kappa shape index (κ3) is 7.77.